The predicted octanol–water partition coefficient (Wildman–Crippen LogP) is 3.26. The molecule has 0 radical (unpaired) electrons. The number of thioether (sulfide) groups is 1. The smallest absolute Gasteiger partial charge is 0.234 e. The summed E-state index contributed by atoms with van der Waals surface area (Å²) in [7, 11) is 1.86. The van der Waals surface area contributed by atoms with E-state index in [0.29, 0.717) is 21.7 Å². The first-order valence-corrected chi connectivity index (χ1v) is 8.48. The highest BCUT2D eigenvalue weighted by molar-refractivity contribution is 7.99. The van der Waals surface area contributed by atoms with E-state index in [-0.39, 0.29) is 11.7 Å². The van der Waals surface area contributed by atoms with Gasteiger partial charge in [0.2, 0.25) is 5.91 Å². The van der Waals surface area contributed by atoms with E-state index < -0.39 is 0 Å². The molecule has 0 fully saturated rings. The van der Waals surface area contributed by atoms with E-state index in [2.05, 4.69) is 20.5 Å². The van der Waals surface area contributed by atoms with Gasteiger partial charge in [-0.2, -0.15) is 0 Å². The lowest BCUT2D eigenvalue weighted by atomic mass is 10.3. The summed E-state index contributed by atoms with van der Waals surface area (Å²) in [5.41, 5.74) is 1.55. The Morgan fingerprint density at radius 1 is 1.29 bits per heavy atom. The number of rotatable bonds is 5. The standard InChI is InChI=1S/C16H14ClN5OS/c1-22-15(11-4-3-7-18-9-11)20-21-16(22)24-10-14(23)19-13-6-2-5-12(17)8-13/h2-9H,10H2,1H3,(H,19,23). The van der Waals surface area contributed by atoms with Gasteiger partial charge in [0.05, 0.1) is 5.75 Å². The number of carbonyl (C=O) groups excluding carboxylic acids is 1. The molecule has 0 aliphatic carbocycles. The van der Waals surface area contributed by atoms with Gasteiger partial charge in [-0.25, -0.2) is 0 Å². The van der Waals surface area contributed by atoms with Crippen molar-refractivity contribution in [3.8, 4) is 11.4 Å². The van der Waals surface area contributed by atoms with Gasteiger partial charge >= 0.3 is 0 Å². The Morgan fingerprint density at radius 2 is 2.17 bits per heavy atom. The lowest BCUT2D eigenvalue weighted by Gasteiger charge is -2.06. The van der Waals surface area contributed by atoms with Crippen molar-refractivity contribution in [2.45, 2.75) is 5.16 Å². The largest absolute Gasteiger partial charge is 0.325 e. The molecule has 0 saturated heterocycles. The van der Waals surface area contributed by atoms with Crippen molar-refractivity contribution >= 4 is 35.0 Å². The van der Waals surface area contributed by atoms with Crippen LogP contribution in [0.5, 0.6) is 0 Å². The minimum absolute atomic E-state index is 0.131. The fourth-order valence-corrected chi connectivity index (χ4v) is 2.98. The van der Waals surface area contributed by atoms with Crippen molar-refractivity contribution in [2.24, 2.45) is 7.05 Å². The van der Waals surface area contributed by atoms with Crippen molar-refractivity contribution in [3.63, 3.8) is 0 Å². The Hall–Kier alpha value is -2.38. The minimum atomic E-state index is -0.131. The molecule has 3 aromatic rings. The van der Waals surface area contributed by atoms with Gasteiger partial charge in [-0.05, 0) is 30.3 Å². The van der Waals surface area contributed by atoms with Gasteiger partial charge in [0.1, 0.15) is 0 Å². The number of benzene rings is 1. The first kappa shape index (κ1) is 16.5. The number of halogens is 1. The zero-order valence-corrected chi connectivity index (χ0v) is 14.4. The van der Waals surface area contributed by atoms with Crippen LogP contribution < -0.4 is 5.32 Å². The van der Waals surface area contributed by atoms with Gasteiger partial charge in [0, 0.05) is 35.7 Å². The molecule has 0 spiro atoms. The molecule has 0 aliphatic rings. The van der Waals surface area contributed by atoms with Crippen molar-refractivity contribution < 1.29 is 4.79 Å². The maximum atomic E-state index is 12.0. The van der Waals surface area contributed by atoms with Crippen LogP contribution in [0.3, 0.4) is 0 Å². The molecule has 0 bridgehead atoms. The highest BCUT2D eigenvalue weighted by Gasteiger charge is 2.13. The predicted molar refractivity (Wildman–Crippen MR) is 95.0 cm³/mol. The first-order valence-electron chi connectivity index (χ1n) is 7.11. The first-order chi connectivity index (χ1) is 11.6. The second kappa shape index (κ2) is 7.46. The molecule has 0 aliphatic heterocycles. The fraction of sp³-hybridized carbons (Fsp3) is 0.125. The maximum absolute atomic E-state index is 12.0. The van der Waals surface area contributed by atoms with E-state index in [1.165, 1.54) is 11.8 Å². The average Bonchev–Trinajstić information content (AvgIpc) is 2.94. The van der Waals surface area contributed by atoms with Gasteiger partial charge in [-0.1, -0.05) is 29.4 Å². The van der Waals surface area contributed by atoms with Gasteiger partial charge in [-0.15, -0.1) is 10.2 Å². The average molecular weight is 360 g/mol. The molecular formula is C16H14ClN5OS. The molecule has 122 valence electrons. The van der Waals surface area contributed by atoms with E-state index in [9.17, 15) is 4.79 Å². The SMILES string of the molecule is Cn1c(SCC(=O)Nc2cccc(Cl)c2)nnc1-c1cccnc1. The van der Waals surface area contributed by atoms with Crippen LogP contribution in [-0.4, -0.2) is 31.4 Å². The molecular weight excluding hydrogens is 346 g/mol. The number of carbonyl (C=O) groups is 1. The molecule has 0 atom stereocenters. The molecule has 0 unspecified atom stereocenters. The zero-order chi connectivity index (χ0) is 16.9. The zero-order valence-electron chi connectivity index (χ0n) is 12.8. The number of pyridine rings is 1. The summed E-state index contributed by atoms with van der Waals surface area (Å²) in [5.74, 6) is 0.806. The van der Waals surface area contributed by atoms with Crippen LogP contribution in [0.25, 0.3) is 11.4 Å². The number of hydrogen-bond donors (Lipinski definition) is 1. The van der Waals surface area contributed by atoms with Gasteiger partial charge in [0.25, 0.3) is 0 Å². The summed E-state index contributed by atoms with van der Waals surface area (Å²) in [4.78, 5) is 16.1. The molecule has 1 N–H and O–H groups in total. The van der Waals surface area contributed by atoms with Crippen molar-refractivity contribution in [1.29, 1.82) is 0 Å². The van der Waals surface area contributed by atoms with Crippen LogP contribution in [0.2, 0.25) is 5.02 Å². The molecule has 6 nitrogen and oxygen atoms in total. The second-order valence-corrected chi connectivity index (χ2v) is 6.33. The van der Waals surface area contributed by atoms with Crippen LogP contribution >= 0.6 is 23.4 Å². The Labute approximate surface area is 148 Å². The molecule has 2 aromatic heterocycles. The van der Waals surface area contributed by atoms with E-state index in [0.717, 1.165) is 5.56 Å². The summed E-state index contributed by atoms with van der Waals surface area (Å²) < 4.78 is 1.84. The molecule has 1 aromatic carbocycles. The van der Waals surface area contributed by atoms with Crippen molar-refractivity contribution in [1.82, 2.24) is 19.7 Å². The van der Waals surface area contributed by atoms with Crippen LogP contribution in [-0.2, 0) is 11.8 Å². The minimum Gasteiger partial charge on any atom is -0.325 e. The monoisotopic (exact) mass is 359 g/mol. The number of aromatic nitrogens is 4. The molecule has 2 heterocycles. The van der Waals surface area contributed by atoms with Gasteiger partial charge in [-0.3, -0.25) is 9.78 Å². The third-order valence-electron chi connectivity index (χ3n) is 3.20. The summed E-state index contributed by atoms with van der Waals surface area (Å²) in [6.45, 7) is 0. The normalized spacial score (nSPS) is 10.6. The van der Waals surface area contributed by atoms with E-state index in [4.69, 9.17) is 11.6 Å². The number of amides is 1. The Morgan fingerprint density at radius 3 is 2.92 bits per heavy atom. The van der Waals surface area contributed by atoms with Crippen LogP contribution in [0.15, 0.2) is 53.9 Å². The highest BCUT2D eigenvalue weighted by Crippen LogP contribution is 2.22. The highest BCUT2D eigenvalue weighted by atomic mass is 35.5. The Kier molecular flexibility index (Phi) is 5.12. The van der Waals surface area contributed by atoms with E-state index >= 15 is 0 Å². The molecule has 8 heteroatoms. The van der Waals surface area contributed by atoms with Crippen LogP contribution in [0, 0.1) is 0 Å². The number of anilines is 1. The van der Waals surface area contributed by atoms with E-state index in [1.54, 1.807) is 36.7 Å². The fourth-order valence-electron chi connectivity index (χ4n) is 2.08. The van der Waals surface area contributed by atoms with Crippen molar-refractivity contribution in [2.75, 3.05) is 11.1 Å². The quantitative estimate of drug-likeness (QED) is 0.708. The van der Waals surface area contributed by atoms with Crippen LogP contribution in [0.1, 0.15) is 0 Å². The molecule has 1 amide bonds. The maximum Gasteiger partial charge on any atom is 0.234 e. The number of nitrogens with one attached hydrogen (secondary N) is 1. The Balaban J connectivity index is 1.63. The Bertz CT molecular complexity index is 853. The third kappa shape index (κ3) is 3.93. The second-order valence-electron chi connectivity index (χ2n) is 4.95. The third-order valence-corrected chi connectivity index (χ3v) is 4.45. The summed E-state index contributed by atoms with van der Waals surface area (Å²) in [5, 5.41) is 12.3. The van der Waals surface area contributed by atoms with Crippen molar-refractivity contribution in [3.05, 3.63) is 53.8 Å². The molecule has 24 heavy (non-hydrogen) atoms. The molecule has 3 rings (SSSR count). The lowest BCUT2D eigenvalue weighted by molar-refractivity contribution is -0.113. The van der Waals surface area contributed by atoms with Crippen LogP contribution in [0.4, 0.5) is 5.69 Å². The number of hydrogen-bond acceptors (Lipinski definition) is 5. The number of nitrogens with zero attached hydrogens (tertiary/aromatic N) is 4. The summed E-state index contributed by atoms with van der Waals surface area (Å²) in [6, 6.07) is 10.8. The lowest BCUT2D eigenvalue weighted by Crippen LogP contribution is -2.14. The summed E-state index contributed by atoms with van der Waals surface area (Å²) >= 11 is 7.22. The van der Waals surface area contributed by atoms with Gasteiger partial charge < -0.3 is 9.88 Å². The topological polar surface area (TPSA) is 72.7 Å². The summed E-state index contributed by atoms with van der Waals surface area (Å²) in [6.07, 6.45) is 3.43. The van der Waals surface area contributed by atoms with E-state index in [1.807, 2.05) is 23.7 Å². The van der Waals surface area contributed by atoms with Gasteiger partial charge in [0.15, 0.2) is 11.0 Å². The molecule has 0 saturated carbocycles.